The first-order chi connectivity index (χ1) is 10.4. The zero-order chi connectivity index (χ0) is 16.3. The highest BCUT2D eigenvalue weighted by molar-refractivity contribution is 7.89. The molecule has 1 aromatic rings. The summed E-state index contributed by atoms with van der Waals surface area (Å²) in [6.07, 6.45) is 1.14. The Morgan fingerprint density at radius 2 is 2.05 bits per heavy atom. The zero-order valence-corrected chi connectivity index (χ0v) is 13.8. The predicted molar refractivity (Wildman–Crippen MR) is 77.8 cm³/mol. The first-order valence-corrected chi connectivity index (χ1v) is 8.51. The maximum absolute atomic E-state index is 12.6. The molecule has 0 aromatic carbocycles. The lowest BCUT2D eigenvalue weighted by molar-refractivity contribution is -0.125. The molecule has 0 radical (unpaired) electrons. The Balaban J connectivity index is 2.01. The van der Waals surface area contributed by atoms with Crippen LogP contribution in [0.25, 0.3) is 0 Å². The van der Waals surface area contributed by atoms with Gasteiger partial charge in [-0.05, 0) is 26.7 Å². The summed E-state index contributed by atoms with van der Waals surface area (Å²) in [4.78, 5) is 11.6. The molecule has 1 aliphatic heterocycles. The molecule has 22 heavy (non-hydrogen) atoms. The minimum atomic E-state index is -3.60. The lowest BCUT2D eigenvalue weighted by Crippen LogP contribution is -2.47. The number of piperidine rings is 1. The van der Waals surface area contributed by atoms with E-state index in [0.29, 0.717) is 37.4 Å². The Bertz CT molecular complexity index is 613. The van der Waals surface area contributed by atoms with Gasteiger partial charge in [0.1, 0.15) is 17.2 Å². The van der Waals surface area contributed by atoms with E-state index in [1.807, 2.05) is 0 Å². The standard InChI is InChI=1S/C13H21N3O5S/c1-9-13(10(2)21-15-9)22(18,19)16-6-4-11(5-7-16)14-12(17)8-20-3/h11H,4-8H2,1-3H3,(H,14,17). The number of sulfonamides is 1. The number of nitrogens with zero attached hydrogens (tertiary/aromatic N) is 2. The molecule has 1 aliphatic rings. The van der Waals surface area contributed by atoms with Gasteiger partial charge in [0, 0.05) is 26.2 Å². The maximum Gasteiger partial charge on any atom is 0.248 e. The number of methoxy groups -OCH3 is 1. The Hall–Kier alpha value is -1.45. The number of nitrogens with one attached hydrogen (secondary N) is 1. The summed E-state index contributed by atoms with van der Waals surface area (Å²) in [6, 6.07) is -0.0289. The molecule has 0 spiro atoms. The minimum absolute atomic E-state index is 0.0115. The van der Waals surface area contributed by atoms with Crippen LogP contribution in [0.2, 0.25) is 0 Å². The second-order valence-electron chi connectivity index (χ2n) is 5.33. The molecule has 1 saturated heterocycles. The van der Waals surface area contributed by atoms with Gasteiger partial charge in [0.15, 0.2) is 5.76 Å². The van der Waals surface area contributed by atoms with E-state index in [-0.39, 0.29) is 23.5 Å². The second kappa shape index (κ2) is 6.76. The molecule has 9 heteroatoms. The summed E-state index contributed by atoms with van der Waals surface area (Å²) in [5.41, 5.74) is 0.369. The van der Waals surface area contributed by atoms with E-state index < -0.39 is 10.0 Å². The SMILES string of the molecule is COCC(=O)NC1CCN(S(=O)(=O)c2c(C)noc2C)CC1. The van der Waals surface area contributed by atoms with Crippen molar-refractivity contribution in [2.24, 2.45) is 0 Å². The van der Waals surface area contributed by atoms with Crippen molar-refractivity contribution in [3.05, 3.63) is 11.5 Å². The highest BCUT2D eigenvalue weighted by Gasteiger charge is 2.34. The lowest BCUT2D eigenvalue weighted by Gasteiger charge is -2.31. The van der Waals surface area contributed by atoms with Crippen molar-refractivity contribution in [2.75, 3.05) is 26.8 Å². The molecule has 0 bridgehead atoms. The monoisotopic (exact) mass is 331 g/mol. The van der Waals surface area contributed by atoms with Gasteiger partial charge in [-0.25, -0.2) is 8.42 Å². The highest BCUT2D eigenvalue weighted by atomic mass is 32.2. The van der Waals surface area contributed by atoms with Gasteiger partial charge in [0.25, 0.3) is 0 Å². The third-order valence-corrected chi connectivity index (χ3v) is 5.80. The van der Waals surface area contributed by atoms with Gasteiger partial charge in [-0.1, -0.05) is 5.16 Å². The Morgan fingerprint density at radius 1 is 1.41 bits per heavy atom. The normalized spacial score (nSPS) is 17.6. The van der Waals surface area contributed by atoms with E-state index in [0.717, 1.165) is 0 Å². The maximum atomic E-state index is 12.6. The number of aryl methyl sites for hydroxylation is 2. The van der Waals surface area contributed by atoms with Gasteiger partial charge in [-0.3, -0.25) is 4.79 Å². The fourth-order valence-electron chi connectivity index (χ4n) is 2.61. The average Bonchev–Trinajstić information content (AvgIpc) is 2.79. The average molecular weight is 331 g/mol. The summed E-state index contributed by atoms with van der Waals surface area (Å²) >= 11 is 0. The van der Waals surface area contributed by atoms with Gasteiger partial charge in [0.2, 0.25) is 15.9 Å². The summed E-state index contributed by atoms with van der Waals surface area (Å²) in [5, 5.41) is 6.53. The quantitative estimate of drug-likeness (QED) is 0.827. The number of carbonyl (C=O) groups excluding carboxylic acids is 1. The summed E-state index contributed by atoms with van der Waals surface area (Å²) < 4.78 is 36.4. The van der Waals surface area contributed by atoms with Crippen LogP contribution in [0.4, 0.5) is 0 Å². The summed E-state index contributed by atoms with van der Waals surface area (Å²) in [7, 11) is -2.15. The van der Waals surface area contributed by atoms with E-state index in [4.69, 9.17) is 9.26 Å². The lowest BCUT2D eigenvalue weighted by atomic mass is 10.1. The molecule has 0 aliphatic carbocycles. The number of rotatable bonds is 5. The van der Waals surface area contributed by atoms with Gasteiger partial charge in [-0.15, -0.1) is 0 Å². The van der Waals surface area contributed by atoms with Crippen LogP contribution in [0.5, 0.6) is 0 Å². The topological polar surface area (TPSA) is 102 Å². The van der Waals surface area contributed by atoms with Crippen molar-refractivity contribution < 1.29 is 22.5 Å². The minimum Gasteiger partial charge on any atom is -0.375 e. The van der Waals surface area contributed by atoms with E-state index in [1.165, 1.54) is 11.4 Å². The molecule has 124 valence electrons. The smallest absolute Gasteiger partial charge is 0.248 e. The summed E-state index contributed by atoms with van der Waals surface area (Å²) in [5.74, 6) is 0.113. The molecule has 2 heterocycles. The first kappa shape index (κ1) is 16.9. The Kier molecular flexibility index (Phi) is 5.20. The number of amides is 1. The van der Waals surface area contributed by atoms with Crippen LogP contribution in [0, 0.1) is 13.8 Å². The zero-order valence-electron chi connectivity index (χ0n) is 13.0. The Morgan fingerprint density at radius 3 is 2.55 bits per heavy atom. The van der Waals surface area contributed by atoms with Gasteiger partial charge >= 0.3 is 0 Å². The second-order valence-corrected chi connectivity index (χ2v) is 7.21. The molecule has 0 unspecified atom stereocenters. The van der Waals surface area contributed by atoms with Crippen molar-refractivity contribution >= 4 is 15.9 Å². The third kappa shape index (κ3) is 3.47. The van der Waals surface area contributed by atoms with Crippen LogP contribution in [0.3, 0.4) is 0 Å². The van der Waals surface area contributed by atoms with Crippen molar-refractivity contribution in [1.82, 2.24) is 14.8 Å². The first-order valence-electron chi connectivity index (χ1n) is 7.07. The van der Waals surface area contributed by atoms with Crippen LogP contribution in [-0.4, -0.2) is 56.6 Å². The van der Waals surface area contributed by atoms with Crippen LogP contribution in [0.1, 0.15) is 24.3 Å². The third-order valence-electron chi connectivity index (χ3n) is 3.66. The number of carbonyl (C=O) groups is 1. The van der Waals surface area contributed by atoms with Crippen LogP contribution >= 0.6 is 0 Å². The van der Waals surface area contributed by atoms with Crippen molar-refractivity contribution in [3.8, 4) is 0 Å². The predicted octanol–water partition coefficient (Wildman–Crippen LogP) is 0.207. The van der Waals surface area contributed by atoms with Crippen LogP contribution in [-0.2, 0) is 19.6 Å². The molecule has 1 amide bonds. The van der Waals surface area contributed by atoms with Crippen LogP contribution in [0.15, 0.2) is 9.42 Å². The molecule has 0 atom stereocenters. The van der Waals surface area contributed by atoms with E-state index in [2.05, 4.69) is 10.5 Å². The van der Waals surface area contributed by atoms with Crippen LogP contribution < -0.4 is 5.32 Å². The fraction of sp³-hybridized carbons (Fsp3) is 0.692. The van der Waals surface area contributed by atoms with Gasteiger partial charge in [0.05, 0.1) is 0 Å². The number of hydrogen-bond donors (Lipinski definition) is 1. The molecule has 1 aromatic heterocycles. The van der Waals surface area contributed by atoms with E-state index >= 15 is 0 Å². The van der Waals surface area contributed by atoms with Crippen molar-refractivity contribution in [2.45, 2.75) is 37.6 Å². The fourth-order valence-corrected chi connectivity index (χ4v) is 4.37. The number of aromatic nitrogens is 1. The number of ether oxygens (including phenoxy) is 1. The molecule has 1 fully saturated rings. The van der Waals surface area contributed by atoms with Crippen molar-refractivity contribution in [3.63, 3.8) is 0 Å². The highest BCUT2D eigenvalue weighted by Crippen LogP contribution is 2.25. The van der Waals surface area contributed by atoms with E-state index in [9.17, 15) is 13.2 Å². The van der Waals surface area contributed by atoms with Gasteiger partial charge < -0.3 is 14.6 Å². The summed E-state index contributed by atoms with van der Waals surface area (Å²) in [6.45, 7) is 3.91. The molecular formula is C13H21N3O5S. The molecular weight excluding hydrogens is 310 g/mol. The molecule has 1 N–H and O–H groups in total. The molecule has 8 nitrogen and oxygen atoms in total. The molecule has 2 rings (SSSR count). The largest absolute Gasteiger partial charge is 0.375 e. The Labute approximate surface area is 129 Å². The van der Waals surface area contributed by atoms with E-state index in [1.54, 1.807) is 13.8 Å². The van der Waals surface area contributed by atoms with Crippen molar-refractivity contribution in [1.29, 1.82) is 0 Å². The number of hydrogen-bond acceptors (Lipinski definition) is 6. The van der Waals surface area contributed by atoms with Gasteiger partial charge in [-0.2, -0.15) is 4.31 Å². The molecule has 0 saturated carbocycles.